The summed E-state index contributed by atoms with van der Waals surface area (Å²) in [6.45, 7) is -2.97. The van der Waals surface area contributed by atoms with Gasteiger partial charge < -0.3 is 14.2 Å². The minimum atomic E-state index is -2.97. The molecule has 0 aliphatic heterocycles. The summed E-state index contributed by atoms with van der Waals surface area (Å²) in [5.74, 6) is -0.560. The number of hydrogen-bond acceptors (Lipinski definition) is 4. The molecule has 4 nitrogen and oxygen atoms in total. The van der Waals surface area contributed by atoms with Gasteiger partial charge in [-0.25, -0.2) is 4.79 Å². The van der Waals surface area contributed by atoms with Gasteiger partial charge in [0.2, 0.25) is 0 Å². The quantitative estimate of drug-likeness (QED) is 0.386. The standard InChI is InChI=1S/C17H12Cl2F2O4/c1-23-15-8-10(2-6-13(15)25-17(20)21)3-7-16(22)24-14-9-11(18)4-5-12(14)19/h2-9,17H,1H3/b7-3+. The summed E-state index contributed by atoms with van der Waals surface area (Å²) in [6, 6.07) is 8.71. The van der Waals surface area contributed by atoms with Crippen LogP contribution < -0.4 is 14.2 Å². The summed E-state index contributed by atoms with van der Waals surface area (Å²) in [6.07, 6.45) is 2.58. The Hall–Kier alpha value is -2.31. The maximum Gasteiger partial charge on any atom is 0.387 e. The number of methoxy groups -OCH3 is 1. The van der Waals surface area contributed by atoms with E-state index in [0.29, 0.717) is 10.6 Å². The highest BCUT2D eigenvalue weighted by Gasteiger charge is 2.11. The van der Waals surface area contributed by atoms with Gasteiger partial charge in [0.05, 0.1) is 12.1 Å². The molecule has 2 rings (SSSR count). The first-order valence-corrected chi connectivity index (χ1v) is 7.62. The van der Waals surface area contributed by atoms with Crippen molar-refractivity contribution in [2.75, 3.05) is 7.11 Å². The monoisotopic (exact) mass is 388 g/mol. The van der Waals surface area contributed by atoms with E-state index in [2.05, 4.69) is 4.74 Å². The fraction of sp³-hybridized carbons (Fsp3) is 0.118. The van der Waals surface area contributed by atoms with Crippen molar-refractivity contribution in [1.82, 2.24) is 0 Å². The average Bonchev–Trinajstić information content (AvgIpc) is 2.56. The van der Waals surface area contributed by atoms with E-state index in [0.717, 1.165) is 6.08 Å². The van der Waals surface area contributed by atoms with Gasteiger partial charge in [0.15, 0.2) is 17.2 Å². The molecule has 132 valence electrons. The molecule has 0 bridgehead atoms. The van der Waals surface area contributed by atoms with Gasteiger partial charge in [-0.1, -0.05) is 29.3 Å². The number of ether oxygens (including phenoxy) is 3. The number of carbonyl (C=O) groups excluding carboxylic acids is 1. The highest BCUT2D eigenvalue weighted by atomic mass is 35.5. The number of carbonyl (C=O) groups is 1. The van der Waals surface area contributed by atoms with Crippen LogP contribution in [0, 0.1) is 0 Å². The maximum atomic E-state index is 12.3. The predicted molar refractivity (Wildman–Crippen MR) is 90.8 cm³/mol. The molecular weight excluding hydrogens is 377 g/mol. The Bertz CT molecular complexity index is 794. The number of hydrogen-bond donors (Lipinski definition) is 0. The molecule has 25 heavy (non-hydrogen) atoms. The van der Waals surface area contributed by atoms with Crippen molar-refractivity contribution in [3.8, 4) is 17.2 Å². The fourth-order valence-corrected chi connectivity index (χ4v) is 2.16. The van der Waals surface area contributed by atoms with Crippen LogP contribution in [-0.4, -0.2) is 19.7 Å². The number of rotatable bonds is 6. The van der Waals surface area contributed by atoms with Crippen LogP contribution in [0.25, 0.3) is 6.08 Å². The van der Waals surface area contributed by atoms with Crippen molar-refractivity contribution >= 4 is 35.2 Å². The van der Waals surface area contributed by atoms with Crippen LogP contribution in [0.15, 0.2) is 42.5 Å². The van der Waals surface area contributed by atoms with Crippen molar-refractivity contribution in [1.29, 1.82) is 0 Å². The van der Waals surface area contributed by atoms with Gasteiger partial charge >= 0.3 is 12.6 Å². The second-order valence-electron chi connectivity index (χ2n) is 4.62. The molecule has 2 aromatic carbocycles. The SMILES string of the molecule is COc1cc(/C=C/C(=O)Oc2cc(Cl)ccc2Cl)ccc1OC(F)F. The zero-order valence-electron chi connectivity index (χ0n) is 12.8. The van der Waals surface area contributed by atoms with Gasteiger partial charge in [-0.2, -0.15) is 8.78 Å². The Kier molecular flexibility index (Phi) is 6.61. The highest BCUT2D eigenvalue weighted by Crippen LogP contribution is 2.30. The van der Waals surface area contributed by atoms with Gasteiger partial charge in [0.25, 0.3) is 0 Å². The van der Waals surface area contributed by atoms with Gasteiger partial charge in [0, 0.05) is 17.2 Å². The molecule has 0 fully saturated rings. The zero-order chi connectivity index (χ0) is 18.4. The Morgan fingerprint density at radius 3 is 2.52 bits per heavy atom. The first kappa shape index (κ1) is 19.0. The molecule has 0 saturated heterocycles. The predicted octanol–water partition coefficient (Wildman–Crippen LogP) is 5.22. The Labute approximate surface area is 152 Å². The van der Waals surface area contributed by atoms with Crippen LogP contribution in [0.4, 0.5) is 8.78 Å². The third kappa shape index (κ3) is 5.62. The van der Waals surface area contributed by atoms with E-state index in [4.69, 9.17) is 32.7 Å². The topological polar surface area (TPSA) is 44.8 Å². The summed E-state index contributed by atoms with van der Waals surface area (Å²) < 4.78 is 39.0. The van der Waals surface area contributed by atoms with Gasteiger partial charge in [0.1, 0.15) is 0 Å². The number of benzene rings is 2. The third-order valence-electron chi connectivity index (χ3n) is 2.92. The van der Waals surface area contributed by atoms with E-state index in [-0.39, 0.29) is 22.3 Å². The largest absolute Gasteiger partial charge is 0.493 e. The Morgan fingerprint density at radius 1 is 1.08 bits per heavy atom. The van der Waals surface area contributed by atoms with Crippen molar-refractivity contribution in [3.63, 3.8) is 0 Å². The minimum Gasteiger partial charge on any atom is -0.493 e. The van der Waals surface area contributed by atoms with Crippen LogP contribution in [0.3, 0.4) is 0 Å². The maximum absolute atomic E-state index is 12.3. The van der Waals surface area contributed by atoms with Crippen molar-refractivity contribution in [2.45, 2.75) is 6.61 Å². The smallest absolute Gasteiger partial charge is 0.387 e. The third-order valence-corrected chi connectivity index (χ3v) is 3.47. The van der Waals surface area contributed by atoms with Gasteiger partial charge in [-0.05, 0) is 35.9 Å². The molecule has 0 aliphatic carbocycles. The highest BCUT2D eigenvalue weighted by molar-refractivity contribution is 6.34. The van der Waals surface area contributed by atoms with E-state index in [1.807, 2.05) is 0 Å². The van der Waals surface area contributed by atoms with Crippen LogP contribution in [0.1, 0.15) is 5.56 Å². The van der Waals surface area contributed by atoms with E-state index in [1.54, 1.807) is 6.07 Å². The summed E-state index contributed by atoms with van der Waals surface area (Å²) >= 11 is 11.7. The molecule has 0 aliphatic rings. The van der Waals surface area contributed by atoms with Crippen LogP contribution in [0.2, 0.25) is 10.0 Å². The molecule has 0 saturated carbocycles. The first-order chi connectivity index (χ1) is 11.9. The molecule has 0 N–H and O–H groups in total. The average molecular weight is 389 g/mol. The number of halogens is 4. The molecule has 0 radical (unpaired) electrons. The van der Waals surface area contributed by atoms with E-state index in [9.17, 15) is 13.6 Å². The normalized spacial score (nSPS) is 11.0. The van der Waals surface area contributed by atoms with Gasteiger partial charge in [-0.3, -0.25) is 0 Å². The lowest BCUT2D eigenvalue weighted by Crippen LogP contribution is -2.04. The molecular formula is C17H12Cl2F2O4. The van der Waals surface area contributed by atoms with Crippen LogP contribution >= 0.6 is 23.2 Å². The van der Waals surface area contributed by atoms with Crippen molar-refractivity contribution in [3.05, 3.63) is 58.1 Å². The molecule has 2 aromatic rings. The van der Waals surface area contributed by atoms with E-state index in [1.165, 1.54) is 43.5 Å². The van der Waals surface area contributed by atoms with Crippen molar-refractivity contribution in [2.24, 2.45) is 0 Å². The molecule has 0 spiro atoms. The number of esters is 1. The molecule has 0 aromatic heterocycles. The minimum absolute atomic E-state index is 0.105. The van der Waals surface area contributed by atoms with Crippen molar-refractivity contribution < 1.29 is 27.8 Å². The fourth-order valence-electron chi connectivity index (χ4n) is 1.84. The molecule has 0 amide bonds. The van der Waals surface area contributed by atoms with Crippen LogP contribution in [-0.2, 0) is 4.79 Å². The Balaban J connectivity index is 2.10. The van der Waals surface area contributed by atoms with Gasteiger partial charge in [-0.15, -0.1) is 0 Å². The van der Waals surface area contributed by atoms with E-state index < -0.39 is 12.6 Å². The lowest BCUT2D eigenvalue weighted by Gasteiger charge is -2.10. The lowest BCUT2D eigenvalue weighted by atomic mass is 10.2. The second kappa shape index (κ2) is 8.69. The summed E-state index contributed by atoms with van der Waals surface area (Å²) in [7, 11) is 1.32. The molecule has 0 heterocycles. The summed E-state index contributed by atoms with van der Waals surface area (Å²) in [5.41, 5.74) is 0.521. The Morgan fingerprint density at radius 2 is 1.84 bits per heavy atom. The molecule has 0 unspecified atom stereocenters. The molecule has 8 heteroatoms. The summed E-state index contributed by atoms with van der Waals surface area (Å²) in [5, 5.41) is 0.608. The molecule has 0 atom stereocenters. The first-order valence-electron chi connectivity index (χ1n) is 6.87. The van der Waals surface area contributed by atoms with E-state index >= 15 is 0 Å². The number of alkyl halides is 2. The second-order valence-corrected chi connectivity index (χ2v) is 5.46. The summed E-state index contributed by atoms with van der Waals surface area (Å²) in [4.78, 5) is 11.9. The lowest BCUT2D eigenvalue weighted by molar-refractivity contribution is -0.128. The van der Waals surface area contributed by atoms with Crippen LogP contribution in [0.5, 0.6) is 17.2 Å². The zero-order valence-corrected chi connectivity index (χ0v) is 14.4.